The average Bonchev–Trinajstić information content (AvgIpc) is 3.14. The first-order chi connectivity index (χ1) is 12.6. The van der Waals surface area contributed by atoms with Crippen molar-refractivity contribution in [2.75, 3.05) is 7.11 Å². The molecule has 0 saturated carbocycles. The molecule has 3 aromatic rings. The van der Waals surface area contributed by atoms with Crippen LogP contribution in [0.2, 0.25) is 5.02 Å². The molecule has 0 bridgehead atoms. The van der Waals surface area contributed by atoms with Crippen LogP contribution >= 0.6 is 11.6 Å². The van der Waals surface area contributed by atoms with Gasteiger partial charge in [-0.1, -0.05) is 23.7 Å². The molecule has 0 fully saturated rings. The van der Waals surface area contributed by atoms with Gasteiger partial charge in [0.15, 0.2) is 5.82 Å². The Morgan fingerprint density at radius 2 is 1.81 bits per heavy atom. The van der Waals surface area contributed by atoms with Gasteiger partial charge in [-0.05, 0) is 46.8 Å². The first kappa shape index (κ1) is 17.6. The second kappa shape index (κ2) is 7.75. The van der Waals surface area contributed by atoms with E-state index in [1.54, 1.807) is 42.5 Å². The minimum absolute atomic E-state index is 0.0734. The van der Waals surface area contributed by atoms with Crippen LogP contribution in [0.15, 0.2) is 48.5 Å². The Morgan fingerprint density at radius 3 is 2.50 bits per heavy atom. The normalized spacial score (nSPS) is 10.4. The molecule has 0 saturated heterocycles. The van der Waals surface area contributed by atoms with Crippen LogP contribution in [0.4, 0.5) is 0 Å². The van der Waals surface area contributed by atoms with E-state index in [-0.39, 0.29) is 17.7 Å². The second-order valence-electron chi connectivity index (χ2n) is 5.20. The molecule has 1 N–H and O–H groups in total. The number of carbonyl (C=O) groups excluding carboxylic acids is 2. The highest BCUT2D eigenvalue weighted by atomic mass is 35.5. The lowest BCUT2D eigenvalue weighted by atomic mass is 10.1. The van der Waals surface area contributed by atoms with Crippen LogP contribution in [0.5, 0.6) is 0 Å². The van der Waals surface area contributed by atoms with Crippen molar-refractivity contribution >= 4 is 23.5 Å². The van der Waals surface area contributed by atoms with Crippen LogP contribution in [-0.4, -0.2) is 39.2 Å². The number of halogens is 1. The molecule has 0 aliphatic rings. The van der Waals surface area contributed by atoms with Crippen molar-refractivity contribution in [2.45, 2.75) is 6.54 Å². The van der Waals surface area contributed by atoms with Gasteiger partial charge in [0.25, 0.3) is 5.91 Å². The van der Waals surface area contributed by atoms with E-state index < -0.39 is 11.9 Å². The van der Waals surface area contributed by atoms with Gasteiger partial charge in [-0.25, -0.2) is 4.79 Å². The van der Waals surface area contributed by atoms with E-state index in [4.69, 9.17) is 16.3 Å². The minimum Gasteiger partial charge on any atom is -0.465 e. The Hall–Kier alpha value is -3.26. The third-order valence-electron chi connectivity index (χ3n) is 3.59. The van der Waals surface area contributed by atoms with Gasteiger partial charge in [0.05, 0.1) is 30.5 Å². The van der Waals surface area contributed by atoms with Crippen molar-refractivity contribution in [3.8, 4) is 5.69 Å². The van der Waals surface area contributed by atoms with E-state index in [0.717, 1.165) is 0 Å². The van der Waals surface area contributed by atoms with Gasteiger partial charge in [-0.15, -0.1) is 5.10 Å². The smallest absolute Gasteiger partial charge is 0.338 e. The number of amides is 1. The van der Waals surface area contributed by atoms with E-state index in [1.807, 2.05) is 0 Å². The van der Waals surface area contributed by atoms with E-state index in [9.17, 15) is 9.59 Å². The molecule has 1 amide bonds. The Labute approximate surface area is 153 Å². The molecule has 0 radical (unpaired) electrons. The lowest BCUT2D eigenvalue weighted by Gasteiger charge is -2.09. The van der Waals surface area contributed by atoms with Crippen LogP contribution in [0.3, 0.4) is 0 Å². The number of hydrogen-bond acceptors (Lipinski definition) is 6. The highest BCUT2D eigenvalue weighted by Crippen LogP contribution is 2.14. The molecule has 2 aromatic carbocycles. The highest BCUT2D eigenvalue weighted by molar-refractivity contribution is 6.30. The van der Waals surface area contributed by atoms with Crippen LogP contribution in [-0.2, 0) is 11.3 Å². The van der Waals surface area contributed by atoms with Crippen LogP contribution in [0.25, 0.3) is 5.69 Å². The van der Waals surface area contributed by atoms with Crippen molar-refractivity contribution in [1.82, 2.24) is 25.5 Å². The molecule has 1 aromatic heterocycles. The minimum atomic E-state index is -0.582. The van der Waals surface area contributed by atoms with Gasteiger partial charge in [0.2, 0.25) is 0 Å². The Kier molecular flexibility index (Phi) is 5.23. The molecular formula is C17H14ClN5O3. The van der Waals surface area contributed by atoms with E-state index in [0.29, 0.717) is 16.5 Å². The van der Waals surface area contributed by atoms with Crippen molar-refractivity contribution in [3.63, 3.8) is 0 Å². The zero-order valence-corrected chi connectivity index (χ0v) is 14.5. The summed E-state index contributed by atoms with van der Waals surface area (Å²) in [6.45, 7) is 0.0734. The van der Waals surface area contributed by atoms with Gasteiger partial charge in [-0.3, -0.25) is 4.79 Å². The summed E-state index contributed by atoms with van der Waals surface area (Å²) in [5.41, 5.74) is 1.10. The predicted molar refractivity (Wildman–Crippen MR) is 93.1 cm³/mol. The standard InChI is InChI=1S/C17H14ClN5O3/c1-26-17(25)14-5-3-2-4-13(14)16(24)19-10-15-20-21-22-23(15)12-8-6-11(18)7-9-12/h2-9H,10H2,1H3,(H,19,24). The molecule has 9 heteroatoms. The lowest BCUT2D eigenvalue weighted by molar-refractivity contribution is 0.0596. The first-order valence-corrected chi connectivity index (χ1v) is 7.96. The van der Waals surface area contributed by atoms with Gasteiger partial charge < -0.3 is 10.1 Å². The fourth-order valence-electron chi connectivity index (χ4n) is 2.32. The first-order valence-electron chi connectivity index (χ1n) is 7.59. The van der Waals surface area contributed by atoms with E-state index >= 15 is 0 Å². The molecule has 0 spiro atoms. The Bertz CT molecular complexity index is 940. The van der Waals surface area contributed by atoms with Crippen LogP contribution in [0, 0.1) is 0 Å². The van der Waals surface area contributed by atoms with Crippen LogP contribution < -0.4 is 5.32 Å². The average molecular weight is 372 g/mol. The van der Waals surface area contributed by atoms with Crippen molar-refractivity contribution in [1.29, 1.82) is 0 Å². The number of carbonyl (C=O) groups is 2. The molecule has 8 nitrogen and oxygen atoms in total. The maximum atomic E-state index is 12.5. The summed E-state index contributed by atoms with van der Waals surface area (Å²) in [4.78, 5) is 24.2. The van der Waals surface area contributed by atoms with Gasteiger partial charge in [0, 0.05) is 5.02 Å². The number of nitrogens with zero attached hydrogens (tertiary/aromatic N) is 4. The summed E-state index contributed by atoms with van der Waals surface area (Å²) < 4.78 is 6.19. The monoisotopic (exact) mass is 371 g/mol. The third-order valence-corrected chi connectivity index (χ3v) is 3.84. The molecule has 0 atom stereocenters. The summed E-state index contributed by atoms with van der Waals surface area (Å²) in [6, 6.07) is 13.3. The molecular weight excluding hydrogens is 358 g/mol. The van der Waals surface area contributed by atoms with E-state index in [1.165, 1.54) is 17.9 Å². The van der Waals surface area contributed by atoms with Crippen molar-refractivity contribution in [2.24, 2.45) is 0 Å². The summed E-state index contributed by atoms with van der Waals surface area (Å²) in [6.07, 6.45) is 0. The zero-order chi connectivity index (χ0) is 18.5. The summed E-state index contributed by atoms with van der Waals surface area (Å²) in [5.74, 6) is -0.588. The number of nitrogens with one attached hydrogen (secondary N) is 1. The Morgan fingerprint density at radius 1 is 1.12 bits per heavy atom. The number of methoxy groups -OCH3 is 1. The second-order valence-corrected chi connectivity index (χ2v) is 5.64. The summed E-state index contributed by atoms with van der Waals surface area (Å²) >= 11 is 5.88. The third kappa shape index (κ3) is 3.70. The molecule has 0 unspecified atom stereocenters. The molecule has 0 aliphatic heterocycles. The van der Waals surface area contributed by atoms with Gasteiger partial charge >= 0.3 is 5.97 Å². The predicted octanol–water partition coefficient (Wildman–Crippen LogP) is 2.03. The SMILES string of the molecule is COC(=O)c1ccccc1C(=O)NCc1nnnn1-c1ccc(Cl)cc1. The Balaban J connectivity index is 1.77. The largest absolute Gasteiger partial charge is 0.465 e. The summed E-state index contributed by atoms with van der Waals surface area (Å²) in [7, 11) is 1.26. The topological polar surface area (TPSA) is 99.0 Å². The van der Waals surface area contributed by atoms with Crippen LogP contribution in [0.1, 0.15) is 26.5 Å². The quantitative estimate of drug-likeness (QED) is 0.689. The molecule has 0 aliphatic carbocycles. The fraction of sp³-hybridized carbons (Fsp3) is 0.118. The maximum Gasteiger partial charge on any atom is 0.338 e. The number of esters is 1. The molecule has 1 heterocycles. The van der Waals surface area contributed by atoms with Crippen molar-refractivity contribution < 1.29 is 14.3 Å². The van der Waals surface area contributed by atoms with Gasteiger partial charge in [0.1, 0.15) is 0 Å². The fourth-order valence-corrected chi connectivity index (χ4v) is 2.45. The lowest BCUT2D eigenvalue weighted by Crippen LogP contribution is -2.26. The number of aromatic nitrogens is 4. The number of ether oxygens (including phenoxy) is 1. The zero-order valence-electron chi connectivity index (χ0n) is 13.7. The van der Waals surface area contributed by atoms with Crippen molar-refractivity contribution in [3.05, 3.63) is 70.5 Å². The van der Waals surface area contributed by atoms with Gasteiger partial charge in [-0.2, -0.15) is 4.68 Å². The highest BCUT2D eigenvalue weighted by Gasteiger charge is 2.18. The molecule has 26 heavy (non-hydrogen) atoms. The van der Waals surface area contributed by atoms with E-state index in [2.05, 4.69) is 20.8 Å². The number of benzene rings is 2. The molecule has 132 valence electrons. The summed E-state index contributed by atoms with van der Waals surface area (Å²) in [5, 5.41) is 14.8. The maximum absolute atomic E-state index is 12.5. The molecule has 3 rings (SSSR count). The number of rotatable bonds is 5. The number of hydrogen-bond donors (Lipinski definition) is 1. The number of tetrazole rings is 1.